The quantitative estimate of drug-likeness (QED) is 0.840. The Labute approximate surface area is 112 Å². The van der Waals surface area contributed by atoms with Crippen molar-refractivity contribution in [2.75, 3.05) is 6.54 Å². The largest absolute Gasteiger partial charge is 0.294 e. The van der Waals surface area contributed by atoms with Gasteiger partial charge in [-0.05, 0) is 12.0 Å². The lowest BCUT2D eigenvalue weighted by atomic mass is 10.1. The molecule has 3 heteroatoms. The third kappa shape index (κ3) is 2.47. The fourth-order valence-electron chi connectivity index (χ4n) is 2.43. The molecule has 0 saturated heterocycles. The zero-order valence-electron chi connectivity index (χ0n) is 10.7. The summed E-state index contributed by atoms with van der Waals surface area (Å²) in [6.45, 7) is 5.45. The molecular formula is C15H18N2S. The molecule has 0 unspecified atom stereocenters. The summed E-state index contributed by atoms with van der Waals surface area (Å²) in [4.78, 5) is 8.71. The van der Waals surface area contributed by atoms with Crippen LogP contribution in [0, 0.1) is 0 Å². The lowest BCUT2D eigenvalue weighted by Gasteiger charge is -2.25. The molecule has 0 fully saturated rings. The average molecular weight is 258 g/mol. The molecule has 2 nitrogen and oxygen atoms in total. The smallest absolute Gasteiger partial charge is 0.0928 e. The Bertz CT molecular complexity index is 519. The van der Waals surface area contributed by atoms with Crippen molar-refractivity contribution in [2.24, 2.45) is 0 Å². The molecule has 0 aliphatic carbocycles. The molecule has 0 spiro atoms. The van der Waals surface area contributed by atoms with Gasteiger partial charge in [-0.2, -0.15) is 0 Å². The molecule has 0 saturated carbocycles. The Morgan fingerprint density at radius 2 is 2.11 bits per heavy atom. The minimum absolute atomic E-state index is 1.06. The Morgan fingerprint density at radius 1 is 1.28 bits per heavy atom. The molecule has 0 radical (unpaired) electrons. The van der Waals surface area contributed by atoms with Crippen LogP contribution in [-0.2, 0) is 25.9 Å². The van der Waals surface area contributed by atoms with E-state index in [0.29, 0.717) is 0 Å². The molecule has 2 aromatic rings. The van der Waals surface area contributed by atoms with E-state index in [-0.39, 0.29) is 0 Å². The first-order valence-electron chi connectivity index (χ1n) is 6.59. The second-order valence-corrected chi connectivity index (χ2v) is 5.95. The van der Waals surface area contributed by atoms with Crippen LogP contribution in [0.4, 0.5) is 0 Å². The lowest BCUT2D eigenvalue weighted by molar-refractivity contribution is 0.247. The zero-order chi connectivity index (χ0) is 12.4. The van der Waals surface area contributed by atoms with E-state index in [1.807, 2.05) is 11.3 Å². The van der Waals surface area contributed by atoms with E-state index in [1.54, 1.807) is 0 Å². The number of thiazole rings is 1. The summed E-state index contributed by atoms with van der Waals surface area (Å²) in [5.41, 5.74) is 2.75. The van der Waals surface area contributed by atoms with Gasteiger partial charge in [-0.1, -0.05) is 37.3 Å². The normalized spacial score (nSPS) is 15.6. The molecular weight excluding hydrogens is 240 g/mol. The van der Waals surface area contributed by atoms with Gasteiger partial charge in [0.2, 0.25) is 0 Å². The number of benzene rings is 1. The molecule has 1 aromatic carbocycles. The second kappa shape index (κ2) is 5.21. The standard InChI is InChI=1S/C15H18N2S/c1-2-15-16-13-8-9-17(11-14(13)18-15)10-12-6-4-3-5-7-12/h3-7H,2,8-11H2,1H3. The van der Waals surface area contributed by atoms with Crippen molar-refractivity contribution in [3.63, 3.8) is 0 Å². The van der Waals surface area contributed by atoms with Crippen LogP contribution >= 0.6 is 11.3 Å². The highest BCUT2D eigenvalue weighted by atomic mass is 32.1. The van der Waals surface area contributed by atoms with Gasteiger partial charge in [-0.15, -0.1) is 11.3 Å². The molecule has 0 amide bonds. The summed E-state index contributed by atoms with van der Waals surface area (Å²) < 4.78 is 0. The van der Waals surface area contributed by atoms with Crippen molar-refractivity contribution in [1.29, 1.82) is 0 Å². The fraction of sp³-hybridized carbons (Fsp3) is 0.400. The molecule has 0 atom stereocenters. The van der Waals surface area contributed by atoms with Crippen molar-refractivity contribution in [2.45, 2.75) is 32.9 Å². The number of hydrogen-bond donors (Lipinski definition) is 0. The van der Waals surface area contributed by atoms with Crippen molar-refractivity contribution in [1.82, 2.24) is 9.88 Å². The van der Waals surface area contributed by atoms with Gasteiger partial charge in [0.05, 0.1) is 10.7 Å². The Kier molecular flexibility index (Phi) is 3.43. The predicted octanol–water partition coefficient (Wildman–Crippen LogP) is 3.26. The lowest BCUT2D eigenvalue weighted by Crippen LogP contribution is -2.29. The van der Waals surface area contributed by atoms with Gasteiger partial charge >= 0.3 is 0 Å². The minimum atomic E-state index is 1.06. The maximum absolute atomic E-state index is 4.70. The molecule has 2 heterocycles. The van der Waals surface area contributed by atoms with Gasteiger partial charge in [-0.25, -0.2) is 4.98 Å². The minimum Gasteiger partial charge on any atom is -0.294 e. The zero-order valence-corrected chi connectivity index (χ0v) is 11.5. The van der Waals surface area contributed by atoms with Gasteiger partial charge in [0.1, 0.15) is 0 Å². The maximum atomic E-state index is 4.70. The number of rotatable bonds is 3. The van der Waals surface area contributed by atoms with E-state index in [9.17, 15) is 0 Å². The van der Waals surface area contributed by atoms with Gasteiger partial charge in [0, 0.05) is 30.9 Å². The number of aryl methyl sites for hydroxylation is 1. The highest BCUT2D eigenvalue weighted by molar-refractivity contribution is 7.11. The van der Waals surface area contributed by atoms with Crippen LogP contribution in [-0.4, -0.2) is 16.4 Å². The molecule has 3 rings (SSSR count). The topological polar surface area (TPSA) is 16.1 Å². The molecule has 1 aliphatic rings. The number of aromatic nitrogens is 1. The predicted molar refractivity (Wildman–Crippen MR) is 75.8 cm³/mol. The van der Waals surface area contributed by atoms with E-state index < -0.39 is 0 Å². The number of fused-ring (bicyclic) bond motifs is 1. The first kappa shape index (κ1) is 11.9. The SMILES string of the molecule is CCc1nc2c(s1)CN(Cc1ccccc1)CC2. The highest BCUT2D eigenvalue weighted by Crippen LogP contribution is 2.26. The first-order chi connectivity index (χ1) is 8.85. The van der Waals surface area contributed by atoms with Crippen molar-refractivity contribution >= 4 is 11.3 Å². The molecule has 94 valence electrons. The van der Waals surface area contributed by atoms with Crippen molar-refractivity contribution in [3.8, 4) is 0 Å². The summed E-state index contributed by atoms with van der Waals surface area (Å²) in [6.07, 6.45) is 2.18. The summed E-state index contributed by atoms with van der Waals surface area (Å²) in [5.74, 6) is 0. The van der Waals surface area contributed by atoms with Crippen LogP contribution in [0.25, 0.3) is 0 Å². The summed E-state index contributed by atoms with van der Waals surface area (Å²) in [7, 11) is 0. The molecule has 0 bridgehead atoms. The molecule has 18 heavy (non-hydrogen) atoms. The number of hydrogen-bond acceptors (Lipinski definition) is 3. The van der Waals surface area contributed by atoms with E-state index in [0.717, 1.165) is 32.5 Å². The first-order valence-corrected chi connectivity index (χ1v) is 7.40. The summed E-state index contributed by atoms with van der Waals surface area (Å²) in [5, 5.41) is 1.29. The van der Waals surface area contributed by atoms with Gasteiger partial charge in [0.15, 0.2) is 0 Å². The van der Waals surface area contributed by atoms with Crippen LogP contribution in [0.15, 0.2) is 30.3 Å². The van der Waals surface area contributed by atoms with Crippen LogP contribution in [0.3, 0.4) is 0 Å². The van der Waals surface area contributed by atoms with E-state index in [1.165, 1.54) is 21.1 Å². The molecule has 1 aliphatic heterocycles. The summed E-state index contributed by atoms with van der Waals surface area (Å²) in [6, 6.07) is 10.7. The van der Waals surface area contributed by atoms with Crippen LogP contribution in [0.2, 0.25) is 0 Å². The van der Waals surface area contributed by atoms with Crippen LogP contribution in [0.1, 0.15) is 28.1 Å². The monoisotopic (exact) mass is 258 g/mol. The molecule has 1 aromatic heterocycles. The third-order valence-electron chi connectivity index (χ3n) is 3.41. The van der Waals surface area contributed by atoms with Crippen molar-refractivity contribution < 1.29 is 0 Å². The van der Waals surface area contributed by atoms with Crippen molar-refractivity contribution in [3.05, 3.63) is 51.5 Å². The van der Waals surface area contributed by atoms with E-state index in [4.69, 9.17) is 4.98 Å². The second-order valence-electron chi connectivity index (χ2n) is 4.78. The fourth-order valence-corrected chi connectivity index (χ4v) is 3.53. The van der Waals surface area contributed by atoms with Gasteiger partial charge < -0.3 is 0 Å². The van der Waals surface area contributed by atoms with E-state index >= 15 is 0 Å². The van der Waals surface area contributed by atoms with Crippen LogP contribution in [0.5, 0.6) is 0 Å². The van der Waals surface area contributed by atoms with E-state index in [2.05, 4.69) is 42.2 Å². The Balaban J connectivity index is 1.71. The third-order valence-corrected chi connectivity index (χ3v) is 4.63. The van der Waals surface area contributed by atoms with Crippen LogP contribution < -0.4 is 0 Å². The average Bonchev–Trinajstić information content (AvgIpc) is 2.82. The Morgan fingerprint density at radius 3 is 2.89 bits per heavy atom. The summed E-state index contributed by atoms with van der Waals surface area (Å²) >= 11 is 1.90. The van der Waals surface area contributed by atoms with Gasteiger partial charge in [0.25, 0.3) is 0 Å². The molecule has 0 N–H and O–H groups in total. The van der Waals surface area contributed by atoms with Gasteiger partial charge in [-0.3, -0.25) is 4.90 Å². The maximum Gasteiger partial charge on any atom is 0.0928 e. The number of nitrogens with zero attached hydrogens (tertiary/aromatic N) is 2. The Hall–Kier alpha value is -1.19. The highest BCUT2D eigenvalue weighted by Gasteiger charge is 2.20.